The average molecular weight is 466 g/mol. The molecule has 2 fully saturated rings. The van der Waals surface area contributed by atoms with Crippen molar-refractivity contribution in [2.75, 3.05) is 6.54 Å². The zero-order valence-electron chi connectivity index (χ0n) is 14.9. The minimum Gasteiger partial charge on any atom is -0.469 e. The Labute approximate surface area is 172 Å². The number of nitrogens with zero attached hydrogens (tertiary/aromatic N) is 2. The molecule has 5 nitrogen and oxygen atoms in total. The van der Waals surface area contributed by atoms with Gasteiger partial charge in [-0.1, -0.05) is 12.5 Å². The molecule has 0 saturated heterocycles. The summed E-state index contributed by atoms with van der Waals surface area (Å²) in [6.07, 6.45) is 9.84. The van der Waals surface area contributed by atoms with Crippen molar-refractivity contribution in [2.45, 2.75) is 44.7 Å². The van der Waals surface area contributed by atoms with E-state index in [0.717, 1.165) is 42.2 Å². The third-order valence-corrected chi connectivity index (χ3v) is 5.43. The Morgan fingerprint density at radius 2 is 2.15 bits per heavy atom. The molecule has 2 N–H and O–H groups in total. The predicted octanol–water partition coefficient (Wildman–Crippen LogP) is 3.76. The highest BCUT2D eigenvalue weighted by Crippen LogP contribution is 2.44. The monoisotopic (exact) mass is 466 g/mol. The Morgan fingerprint density at radius 3 is 2.85 bits per heavy atom. The molecule has 0 amide bonds. The molecule has 140 valence electrons. The van der Waals surface area contributed by atoms with Gasteiger partial charge in [0.05, 0.1) is 18.5 Å². The number of pyridine rings is 1. The molecule has 2 aliphatic rings. The Morgan fingerprint density at radius 1 is 1.19 bits per heavy atom. The lowest BCUT2D eigenvalue weighted by Gasteiger charge is -2.25. The predicted molar refractivity (Wildman–Crippen MR) is 114 cm³/mol. The van der Waals surface area contributed by atoms with E-state index in [0.29, 0.717) is 12.6 Å². The second-order valence-electron chi connectivity index (χ2n) is 7.17. The summed E-state index contributed by atoms with van der Waals surface area (Å²) in [5.74, 6) is 3.63. The van der Waals surface area contributed by atoms with Crippen LogP contribution in [0.4, 0.5) is 0 Å². The maximum absolute atomic E-state index is 5.41. The minimum absolute atomic E-state index is 0. The van der Waals surface area contributed by atoms with E-state index < -0.39 is 0 Å². The highest BCUT2D eigenvalue weighted by atomic mass is 127. The van der Waals surface area contributed by atoms with Gasteiger partial charge in [-0.05, 0) is 55.4 Å². The largest absolute Gasteiger partial charge is 0.469 e. The van der Waals surface area contributed by atoms with Gasteiger partial charge in [-0.15, -0.1) is 24.0 Å². The van der Waals surface area contributed by atoms with Crippen molar-refractivity contribution >= 4 is 29.9 Å². The molecular weight excluding hydrogens is 439 g/mol. The first-order valence-corrected chi connectivity index (χ1v) is 9.34. The number of rotatable bonds is 6. The molecule has 0 aromatic carbocycles. The molecule has 2 saturated carbocycles. The molecule has 0 radical (unpaired) electrons. The quantitative estimate of drug-likeness (QED) is 0.387. The molecule has 3 atom stereocenters. The first-order chi connectivity index (χ1) is 12.4. The number of aliphatic imine (C=N–C) groups is 1. The van der Waals surface area contributed by atoms with Gasteiger partial charge in [-0.3, -0.25) is 4.98 Å². The summed E-state index contributed by atoms with van der Waals surface area (Å²) in [5.41, 5.74) is 0.988. The van der Waals surface area contributed by atoms with Crippen molar-refractivity contribution in [1.29, 1.82) is 0 Å². The fourth-order valence-corrected chi connectivity index (χ4v) is 4.16. The van der Waals surface area contributed by atoms with Crippen LogP contribution in [0.5, 0.6) is 0 Å². The molecular formula is C20H27IN4O. The van der Waals surface area contributed by atoms with E-state index in [2.05, 4.69) is 15.6 Å². The Kier molecular flexibility index (Phi) is 6.93. The van der Waals surface area contributed by atoms with Crippen molar-refractivity contribution in [3.05, 3.63) is 54.2 Å². The Balaban J connectivity index is 0.00000196. The van der Waals surface area contributed by atoms with Crippen LogP contribution in [0.3, 0.4) is 0 Å². The second kappa shape index (κ2) is 9.39. The minimum atomic E-state index is 0. The third-order valence-electron chi connectivity index (χ3n) is 5.43. The first kappa shape index (κ1) is 19.2. The van der Waals surface area contributed by atoms with Crippen LogP contribution in [0.1, 0.15) is 37.1 Å². The highest BCUT2D eigenvalue weighted by molar-refractivity contribution is 14.0. The summed E-state index contributed by atoms with van der Waals surface area (Å²) in [6.45, 7) is 1.40. The van der Waals surface area contributed by atoms with E-state index in [1.807, 2.05) is 36.5 Å². The van der Waals surface area contributed by atoms with Gasteiger partial charge in [0.15, 0.2) is 5.96 Å². The molecule has 2 aromatic rings. The number of guanidine groups is 1. The molecule has 3 unspecified atom stereocenters. The third kappa shape index (κ3) is 4.99. The number of furan rings is 1. The highest BCUT2D eigenvalue weighted by Gasteiger charge is 2.39. The fraction of sp³-hybridized carbons (Fsp3) is 0.500. The van der Waals surface area contributed by atoms with Crippen LogP contribution < -0.4 is 10.6 Å². The first-order valence-electron chi connectivity index (χ1n) is 9.34. The van der Waals surface area contributed by atoms with Crippen LogP contribution in [0, 0.1) is 11.8 Å². The van der Waals surface area contributed by atoms with Gasteiger partial charge in [-0.2, -0.15) is 0 Å². The fourth-order valence-electron chi connectivity index (χ4n) is 4.16. The van der Waals surface area contributed by atoms with E-state index in [9.17, 15) is 0 Å². The maximum Gasteiger partial charge on any atom is 0.191 e. The average Bonchev–Trinajstić information content (AvgIpc) is 3.39. The van der Waals surface area contributed by atoms with Crippen molar-refractivity contribution in [2.24, 2.45) is 16.8 Å². The second-order valence-corrected chi connectivity index (χ2v) is 7.17. The van der Waals surface area contributed by atoms with Crippen molar-refractivity contribution < 1.29 is 4.42 Å². The lowest BCUT2D eigenvalue weighted by atomic mass is 9.95. The van der Waals surface area contributed by atoms with E-state index in [1.54, 1.807) is 6.26 Å². The maximum atomic E-state index is 5.41. The molecule has 2 bridgehead atoms. The van der Waals surface area contributed by atoms with Crippen LogP contribution >= 0.6 is 24.0 Å². The summed E-state index contributed by atoms with van der Waals surface area (Å²) in [7, 11) is 0. The van der Waals surface area contributed by atoms with Crippen LogP contribution in [-0.4, -0.2) is 23.5 Å². The summed E-state index contributed by atoms with van der Waals surface area (Å²) in [5, 5.41) is 7.14. The number of hydrogen-bond acceptors (Lipinski definition) is 3. The molecule has 2 aliphatic carbocycles. The molecule has 0 aliphatic heterocycles. The van der Waals surface area contributed by atoms with Crippen LogP contribution in [-0.2, 0) is 13.0 Å². The summed E-state index contributed by atoms with van der Waals surface area (Å²) < 4.78 is 5.41. The summed E-state index contributed by atoms with van der Waals surface area (Å²) in [4.78, 5) is 9.13. The summed E-state index contributed by atoms with van der Waals surface area (Å²) >= 11 is 0. The topological polar surface area (TPSA) is 62.5 Å². The van der Waals surface area contributed by atoms with Gasteiger partial charge in [-0.25, -0.2) is 4.99 Å². The van der Waals surface area contributed by atoms with Crippen LogP contribution in [0.15, 0.2) is 52.2 Å². The van der Waals surface area contributed by atoms with Gasteiger partial charge < -0.3 is 15.1 Å². The zero-order valence-corrected chi connectivity index (χ0v) is 17.3. The number of aromatic nitrogens is 1. The van der Waals surface area contributed by atoms with Crippen molar-refractivity contribution in [3.8, 4) is 0 Å². The lowest BCUT2D eigenvalue weighted by Crippen LogP contribution is -2.46. The molecule has 26 heavy (non-hydrogen) atoms. The van der Waals surface area contributed by atoms with Gasteiger partial charge in [0.1, 0.15) is 5.76 Å². The molecule has 6 heteroatoms. The van der Waals surface area contributed by atoms with E-state index in [4.69, 9.17) is 9.41 Å². The number of fused-ring (bicyclic) bond motifs is 2. The smallest absolute Gasteiger partial charge is 0.191 e. The molecule has 2 aromatic heterocycles. The normalized spacial score (nSPS) is 24.3. The zero-order chi connectivity index (χ0) is 16.9. The SMILES string of the molecule is I.c1ccc(CN=C(NCCc2ccco2)NC2CC3CCC2C3)nc1. The standard InChI is InChI=1S/C20H26N4O.HI/c1-2-9-21-17(4-1)14-23-20(22-10-8-18-5-3-11-25-18)24-19-13-15-6-7-16(19)12-15;/h1-5,9,11,15-16,19H,6-8,10,12-14H2,(H2,22,23,24);1H. The van der Waals surface area contributed by atoms with Crippen LogP contribution in [0.2, 0.25) is 0 Å². The van der Waals surface area contributed by atoms with Gasteiger partial charge in [0.2, 0.25) is 0 Å². The van der Waals surface area contributed by atoms with Crippen LogP contribution in [0.25, 0.3) is 0 Å². The van der Waals surface area contributed by atoms with Gasteiger partial charge >= 0.3 is 0 Å². The molecule has 4 rings (SSSR count). The Hall–Kier alpha value is -1.57. The number of hydrogen-bond donors (Lipinski definition) is 2. The number of halogens is 1. The van der Waals surface area contributed by atoms with Crippen molar-refractivity contribution in [3.63, 3.8) is 0 Å². The van der Waals surface area contributed by atoms with Gasteiger partial charge in [0, 0.05) is 25.2 Å². The van der Waals surface area contributed by atoms with Gasteiger partial charge in [0.25, 0.3) is 0 Å². The van der Waals surface area contributed by atoms with E-state index >= 15 is 0 Å². The molecule has 2 heterocycles. The summed E-state index contributed by atoms with van der Waals surface area (Å²) in [6, 6.07) is 10.5. The Bertz CT molecular complexity index is 689. The lowest BCUT2D eigenvalue weighted by molar-refractivity contribution is 0.387. The molecule has 0 spiro atoms. The van der Waals surface area contributed by atoms with Crippen molar-refractivity contribution in [1.82, 2.24) is 15.6 Å². The number of nitrogens with one attached hydrogen (secondary N) is 2. The van der Waals surface area contributed by atoms with E-state index in [-0.39, 0.29) is 24.0 Å². The van der Waals surface area contributed by atoms with E-state index in [1.165, 1.54) is 25.7 Å².